The molecule has 180 valence electrons. The fourth-order valence-corrected chi connectivity index (χ4v) is 7.26. The van der Waals surface area contributed by atoms with E-state index in [4.69, 9.17) is 9.47 Å². The third-order valence-electron chi connectivity index (χ3n) is 9.82. The minimum atomic E-state index is 0.239. The maximum absolute atomic E-state index is 6.94. The Morgan fingerprint density at radius 2 is 1.39 bits per heavy atom. The molecule has 0 aliphatic heterocycles. The molecule has 4 aliphatic rings. The molecule has 0 saturated heterocycles. The van der Waals surface area contributed by atoms with Gasteiger partial charge in [-0.15, -0.1) is 0 Å². The molecule has 4 aliphatic carbocycles. The van der Waals surface area contributed by atoms with Crippen molar-refractivity contribution < 1.29 is 9.47 Å². The fraction of sp³-hybridized carbons (Fsp3) is 1.00. The molecule has 31 heavy (non-hydrogen) atoms. The Morgan fingerprint density at radius 3 is 2.00 bits per heavy atom. The van der Waals surface area contributed by atoms with Crippen LogP contribution in [0.5, 0.6) is 0 Å². The summed E-state index contributed by atoms with van der Waals surface area (Å²) < 4.78 is 13.5. The van der Waals surface area contributed by atoms with Gasteiger partial charge in [-0.05, 0) is 112 Å². The lowest BCUT2D eigenvalue weighted by molar-refractivity contribution is -0.107. The van der Waals surface area contributed by atoms with Crippen LogP contribution in [0.4, 0.5) is 0 Å². The van der Waals surface area contributed by atoms with Crippen LogP contribution >= 0.6 is 0 Å². The molecule has 0 N–H and O–H groups in total. The summed E-state index contributed by atoms with van der Waals surface area (Å²) in [6.45, 7) is 16.4. The molecular formula is C29H52O2. The van der Waals surface area contributed by atoms with Gasteiger partial charge in [0.1, 0.15) is 0 Å². The van der Waals surface area contributed by atoms with Crippen LogP contribution in [0.3, 0.4) is 0 Å². The van der Waals surface area contributed by atoms with Crippen LogP contribution in [0.15, 0.2) is 0 Å². The standard InChI is InChI=1S/C29H52O2/c1-19(28(2,3)4)30-25-13-12-22-10-8-21(15-24(22)18-25)17-27(29(5,6)7)31-26-16-20-9-11-23(26)14-20/h19-27H,8-18H2,1-7H3. The van der Waals surface area contributed by atoms with Crippen molar-refractivity contribution in [1.82, 2.24) is 0 Å². The van der Waals surface area contributed by atoms with E-state index in [1.165, 1.54) is 70.6 Å². The summed E-state index contributed by atoms with van der Waals surface area (Å²) in [4.78, 5) is 0. The van der Waals surface area contributed by atoms with Crippen molar-refractivity contribution >= 4 is 0 Å². The monoisotopic (exact) mass is 432 g/mol. The highest BCUT2D eigenvalue weighted by Crippen LogP contribution is 2.49. The van der Waals surface area contributed by atoms with Gasteiger partial charge < -0.3 is 9.47 Å². The van der Waals surface area contributed by atoms with E-state index in [1.807, 2.05) is 0 Å². The highest BCUT2D eigenvalue weighted by molar-refractivity contribution is 4.94. The first-order valence-corrected chi connectivity index (χ1v) is 13.8. The van der Waals surface area contributed by atoms with E-state index in [1.54, 1.807) is 0 Å². The number of fused-ring (bicyclic) bond motifs is 3. The van der Waals surface area contributed by atoms with Crippen molar-refractivity contribution in [2.45, 2.75) is 144 Å². The fourth-order valence-electron chi connectivity index (χ4n) is 7.26. The summed E-state index contributed by atoms with van der Waals surface area (Å²) in [5.41, 5.74) is 0.488. The van der Waals surface area contributed by atoms with Crippen LogP contribution < -0.4 is 0 Å². The van der Waals surface area contributed by atoms with E-state index in [2.05, 4.69) is 48.5 Å². The molecule has 2 nitrogen and oxygen atoms in total. The van der Waals surface area contributed by atoms with Crippen LogP contribution in [-0.2, 0) is 9.47 Å². The molecule has 0 aromatic rings. The van der Waals surface area contributed by atoms with Gasteiger partial charge in [-0.25, -0.2) is 0 Å². The molecule has 4 rings (SSSR count). The van der Waals surface area contributed by atoms with Crippen LogP contribution in [0, 0.1) is 40.4 Å². The second-order valence-electron chi connectivity index (χ2n) is 14.2. The number of hydrogen-bond donors (Lipinski definition) is 0. The molecule has 0 aromatic carbocycles. The van der Waals surface area contributed by atoms with Gasteiger partial charge in [-0.2, -0.15) is 0 Å². The SMILES string of the molecule is CC(OC1CCC2CCC(CC(OC3CC4CCC3C4)C(C)(C)C)CC2C1)C(C)(C)C. The van der Waals surface area contributed by atoms with E-state index in [0.29, 0.717) is 24.4 Å². The maximum Gasteiger partial charge on any atom is 0.0629 e. The second-order valence-corrected chi connectivity index (χ2v) is 14.2. The minimum absolute atomic E-state index is 0.239. The zero-order valence-corrected chi connectivity index (χ0v) is 21.8. The smallest absolute Gasteiger partial charge is 0.0629 e. The number of hydrogen-bond acceptors (Lipinski definition) is 2. The predicted octanol–water partition coefficient (Wildman–Crippen LogP) is 8.03. The Balaban J connectivity index is 1.32. The second kappa shape index (κ2) is 9.28. The first kappa shape index (κ1) is 24.1. The van der Waals surface area contributed by atoms with Gasteiger partial charge >= 0.3 is 0 Å². The Bertz CT molecular complexity index is 585. The Hall–Kier alpha value is -0.0800. The van der Waals surface area contributed by atoms with Crippen molar-refractivity contribution in [1.29, 1.82) is 0 Å². The largest absolute Gasteiger partial charge is 0.375 e. The van der Waals surface area contributed by atoms with Crippen molar-refractivity contribution in [3.8, 4) is 0 Å². The molecule has 4 fully saturated rings. The topological polar surface area (TPSA) is 18.5 Å². The van der Waals surface area contributed by atoms with Gasteiger partial charge in [0.2, 0.25) is 0 Å². The molecule has 0 aromatic heterocycles. The lowest BCUT2D eigenvalue weighted by atomic mass is 9.65. The predicted molar refractivity (Wildman–Crippen MR) is 130 cm³/mol. The molecule has 0 spiro atoms. The van der Waals surface area contributed by atoms with E-state index in [-0.39, 0.29) is 10.8 Å². The van der Waals surface area contributed by atoms with Gasteiger partial charge in [-0.1, -0.05) is 48.0 Å². The Labute approximate surface area is 193 Å². The van der Waals surface area contributed by atoms with Crippen molar-refractivity contribution in [2.75, 3.05) is 0 Å². The first-order valence-electron chi connectivity index (χ1n) is 13.8. The zero-order valence-electron chi connectivity index (χ0n) is 21.8. The van der Waals surface area contributed by atoms with Crippen LogP contribution in [0.1, 0.15) is 119 Å². The van der Waals surface area contributed by atoms with Gasteiger partial charge in [0.15, 0.2) is 0 Å². The summed E-state index contributed by atoms with van der Waals surface area (Å²) in [5.74, 6) is 4.53. The van der Waals surface area contributed by atoms with Crippen LogP contribution in [0.2, 0.25) is 0 Å². The summed E-state index contributed by atoms with van der Waals surface area (Å²) >= 11 is 0. The van der Waals surface area contributed by atoms with Crippen molar-refractivity contribution in [3.63, 3.8) is 0 Å². The number of ether oxygens (including phenoxy) is 2. The highest BCUT2D eigenvalue weighted by atomic mass is 16.5. The van der Waals surface area contributed by atoms with Crippen molar-refractivity contribution in [3.05, 3.63) is 0 Å². The average Bonchev–Trinajstić information content (AvgIpc) is 3.29. The van der Waals surface area contributed by atoms with E-state index in [9.17, 15) is 0 Å². The molecule has 0 radical (unpaired) electrons. The van der Waals surface area contributed by atoms with Crippen LogP contribution in [0.25, 0.3) is 0 Å². The van der Waals surface area contributed by atoms with Gasteiger partial charge in [0, 0.05) is 0 Å². The summed E-state index contributed by atoms with van der Waals surface area (Å²) in [6, 6.07) is 0. The molecule has 9 atom stereocenters. The van der Waals surface area contributed by atoms with Gasteiger partial charge in [0.25, 0.3) is 0 Å². The zero-order chi connectivity index (χ0) is 22.4. The van der Waals surface area contributed by atoms with E-state index < -0.39 is 0 Å². The van der Waals surface area contributed by atoms with Gasteiger partial charge in [-0.3, -0.25) is 0 Å². The molecular weight excluding hydrogens is 380 g/mol. The van der Waals surface area contributed by atoms with E-state index >= 15 is 0 Å². The van der Waals surface area contributed by atoms with Crippen molar-refractivity contribution in [2.24, 2.45) is 40.4 Å². The summed E-state index contributed by atoms with van der Waals surface area (Å²) in [5, 5.41) is 0. The third-order valence-corrected chi connectivity index (χ3v) is 9.82. The minimum Gasteiger partial charge on any atom is -0.375 e. The Morgan fingerprint density at radius 1 is 0.677 bits per heavy atom. The lowest BCUT2D eigenvalue weighted by Gasteiger charge is -2.45. The summed E-state index contributed by atoms with van der Waals surface area (Å²) in [7, 11) is 0. The molecule has 9 unspecified atom stereocenters. The molecule has 2 bridgehead atoms. The third kappa shape index (κ3) is 5.89. The highest BCUT2D eigenvalue weighted by Gasteiger charge is 2.44. The first-order chi connectivity index (χ1) is 14.5. The molecule has 0 heterocycles. The lowest BCUT2D eigenvalue weighted by Crippen LogP contribution is -2.40. The quantitative estimate of drug-likeness (QED) is 0.423. The normalized spacial score (nSPS) is 40.5. The van der Waals surface area contributed by atoms with E-state index in [0.717, 1.165) is 29.6 Å². The van der Waals surface area contributed by atoms with Crippen LogP contribution in [-0.4, -0.2) is 24.4 Å². The summed E-state index contributed by atoms with van der Waals surface area (Å²) in [6.07, 6.45) is 17.0. The Kier molecular flexibility index (Phi) is 7.20. The maximum atomic E-state index is 6.94. The molecule has 2 heteroatoms. The molecule has 4 saturated carbocycles. The molecule has 0 amide bonds. The number of rotatable bonds is 6. The average molecular weight is 433 g/mol. The van der Waals surface area contributed by atoms with Gasteiger partial charge in [0.05, 0.1) is 24.4 Å².